The zero-order valence-electron chi connectivity index (χ0n) is 17.1. The van der Waals surface area contributed by atoms with E-state index in [4.69, 9.17) is 9.15 Å². The summed E-state index contributed by atoms with van der Waals surface area (Å²) in [5.74, 6) is 2.55. The Morgan fingerprint density at radius 2 is 1.37 bits per heavy atom. The Morgan fingerprint density at radius 1 is 0.700 bits per heavy atom. The number of hydrogen-bond donors (Lipinski definition) is 0. The van der Waals surface area contributed by atoms with Gasteiger partial charge in [0.2, 0.25) is 0 Å². The van der Waals surface area contributed by atoms with Gasteiger partial charge in [-0.3, -0.25) is 0 Å². The van der Waals surface area contributed by atoms with Crippen molar-refractivity contribution in [2.45, 2.75) is 13.3 Å². The maximum atomic E-state index is 6.21. The van der Waals surface area contributed by atoms with Gasteiger partial charge in [-0.1, -0.05) is 67.6 Å². The summed E-state index contributed by atoms with van der Waals surface area (Å²) >= 11 is 0. The van der Waals surface area contributed by atoms with E-state index in [1.165, 1.54) is 0 Å². The van der Waals surface area contributed by atoms with Crippen LogP contribution in [0.3, 0.4) is 0 Å². The first-order chi connectivity index (χ1) is 14.8. The Bertz CT molecular complexity index is 1040. The molecule has 0 aliphatic heterocycles. The van der Waals surface area contributed by atoms with Crippen molar-refractivity contribution < 1.29 is 9.15 Å². The fourth-order valence-corrected chi connectivity index (χ4v) is 3.22. The fraction of sp³-hybridized carbons (Fsp3) is 0.107. The highest BCUT2D eigenvalue weighted by atomic mass is 16.5. The minimum absolute atomic E-state index is 0.739. The summed E-state index contributed by atoms with van der Waals surface area (Å²) in [6.45, 7) is 2.84. The molecule has 4 aromatic rings. The molecule has 0 bridgehead atoms. The SMILES string of the molecule is CCCOc1ccc(/C=C/c2cc(-c3ccccc3)cc(-c3ccccc3)[o+]2)cc1. The summed E-state index contributed by atoms with van der Waals surface area (Å²) in [6.07, 6.45) is 5.08. The monoisotopic (exact) mass is 393 g/mol. The van der Waals surface area contributed by atoms with Gasteiger partial charge in [0, 0.05) is 11.6 Å². The van der Waals surface area contributed by atoms with Gasteiger partial charge < -0.3 is 4.74 Å². The van der Waals surface area contributed by atoms with Gasteiger partial charge in [0.25, 0.3) is 0 Å². The van der Waals surface area contributed by atoms with E-state index in [1.54, 1.807) is 0 Å². The molecule has 1 aromatic heterocycles. The molecule has 4 rings (SSSR count). The van der Waals surface area contributed by atoms with Crippen molar-refractivity contribution in [1.82, 2.24) is 0 Å². The van der Waals surface area contributed by atoms with Gasteiger partial charge in [0.05, 0.1) is 24.3 Å². The lowest BCUT2D eigenvalue weighted by Gasteiger charge is -2.03. The standard InChI is InChI=1S/C28H25O2/c1-2-19-29-26-16-13-22(14-17-26)15-18-27-20-25(23-9-5-3-6-10-23)21-28(30-27)24-11-7-4-8-12-24/h3-18,20-21H,2,19H2,1H3/q+1/b18-15+. The molecule has 0 fully saturated rings. The second-order valence-electron chi connectivity index (χ2n) is 7.10. The van der Waals surface area contributed by atoms with Gasteiger partial charge in [-0.05, 0) is 47.9 Å². The molecule has 2 heteroatoms. The average Bonchev–Trinajstić information content (AvgIpc) is 2.83. The molecule has 0 N–H and O–H groups in total. The van der Waals surface area contributed by atoms with Crippen LogP contribution in [0.4, 0.5) is 0 Å². The largest absolute Gasteiger partial charge is 0.494 e. The Kier molecular flexibility index (Phi) is 6.36. The number of ether oxygens (including phenoxy) is 1. The normalized spacial score (nSPS) is 11.0. The molecule has 1 heterocycles. The maximum absolute atomic E-state index is 6.21. The molecule has 0 amide bonds. The summed E-state index contributed by atoms with van der Waals surface area (Å²) < 4.78 is 11.9. The topological polar surface area (TPSA) is 20.5 Å². The van der Waals surface area contributed by atoms with Crippen LogP contribution in [0, 0.1) is 0 Å². The maximum Gasteiger partial charge on any atom is 0.361 e. The van der Waals surface area contributed by atoms with Crippen LogP contribution < -0.4 is 4.74 Å². The third-order valence-electron chi connectivity index (χ3n) is 4.77. The minimum Gasteiger partial charge on any atom is -0.494 e. The van der Waals surface area contributed by atoms with Gasteiger partial charge in [0.1, 0.15) is 5.75 Å². The van der Waals surface area contributed by atoms with E-state index in [9.17, 15) is 0 Å². The highest BCUT2D eigenvalue weighted by molar-refractivity contribution is 5.74. The van der Waals surface area contributed by atoms with E-state index in [0.29, 0.717) is 0 Å². The summed E-state index contributed by atoms with van der Waals surface area (Å²) in [5.41, 5.74) is 4.45. The van der Waals surface area contributed by atoms with Gasteiger partial charge in [-0.25, -0.2) is 4.42 Å². The van der Waals surface area contributed by atoms with Crippen LogP contribution in [-0.2, 0) is 0 Å². The lowest BCUT2D eigenvalue weighted by molar-refractivity contribution is 0.317. The van der Waals surface area contributed by atoms with Crippen molar-refractivity contribution in [2.24, 2.45) is 0 Å². The number of benzene rings is 3. The van der Waals surface area contributed by atoms with Crippen molar-refractivity contribution in [2.75, 3.05) is 6.61 Å². The number of hydrogen-bond acceptors (Lipinski definition) is 1. The molecule has 0 spiro atoms. The summed E-state index contributed by atoms with van der Waals surface area (Å²) in [7, 11) is 0. The molecule has 0 saturated heterocycles. The van der Waals surface area contributed by atoms with Crippen LogP contribution in [0.2, 0.25) is 0 Å². The molecular formula is C28H25O2+. The van der Waals surface area contributed by atoms with E-state index in [1.807, 2.05) is 42.5 Å². The molecule has 0 unspecified atom stereocenters. The Balaban J connectivity index is 1.66. The Hall–Kier alpha value is -3.65. The fourth-order valence-electron chi connectivity index (χ4n) is 3.22. The van der Waals surface area contributed by atoms with E-state index in [-0.39, 0.29) is 0 Å². The molecule has 2 nitrogen and oxygen atoms in total. The molecular weight excluding hydrogens is 368 g/mol. The lowest BCUT2D eigenvalue weighted by atomic mass is 10.0. The quantitative estimate of drug-likeness (QED) is 0.298. The van der Waals surface area contributed by atoms with E-state index < -0.39 is 0 Å². The lowest BCUT2D eigenvalue weighted by Crippen LogP contribution is -1.94. The molecule has 0 atom stereocenters. The van der Waals surface area contributed by atoms with Crippen LogP contribution in [0.5, 0.6) is 5.75 Å². The predicted molar refractivity (Wildman–Crippen MR) is 125 cm³/mol. The average molecular weight is 394 g/mol. The molecule has 148 valence electrons. The van der Waals surface area contributed by atoms with Gasteiger partial charge in [-0.15, -0.1) is 0 Å². The van der Waals surface area contributed by atoms with Crippen LogP contribution in [-0.4, -0.2) is 6.61 Å². The van der Waals surface area contributed by atoms with Gasteiger partial charge >= 0.3 is 11.5 Å². The third-order valence-corrected chi connectivity index (χ3v) is 4.77. The summed E-state index contributed by atoms with van der Waals surface area (Å²) in [6, 6.07) is 32.9. The van der Waals surface area contributed by atoms with Crippen molar-refractivity contribution >= 4 is 12.2 Å². The molecule has 3 aromatic carbocycles. The highest BCUT2D eigenvalue weighted by Crippen LogP contribution is 2.29. The van der Waals surface area contributed by atoms with Crippen LogP contribution in [0.25, 0.3) is 34.6 Å². The summed E-state index contributed by atoms with van der Waals surface area (Å²) in [5, 5.41) is 0. The van der Waals surface area contributed by atoms with Crippen molar-refractivity contribution in [3.05, 3.63) is 108 Å². The first-order valence-electron chi connectivity index (χ1n) is 10.3. The first-order valence-corrected chi connectivity index (χ1v) is 10.3. The van der Waals surface area contributed by atoms with Crippen molar-refractivity contribution in [1.29, 1.82) is 0 Å². The smallest absolute Gasteiger partial charge is 0.361 e. The highest BCUT2D eigenvalue weighted by Gasteiger charge is 2.17. The molecule has 30 heavy (non-hydrogen) atoms. The van der Waals surface area contributed by atoms with Crippen LogP contribution in [0.15, 0.2) is 101 Å². The van der Waals surface area contributed by atoms with Crippen LogP contribution >= 0.6 is 0 Å². The van der Waals surface area contributed by atoms with Crippen molar-refractivity contribution in [3.63, 3.8) is 0 Å². The number of rotatable bonds is 7. The Labute approximate surface area is 178 Å². The molecule has 0 saturated carbocycles. The minimum atomic E-state index is 0.739. The van der Waals surface area contributed by atoms with E-state index in [2.05, 4.69) is 73.7 Å². The zero-order valence-corrected chi connectivity index (χ0v) is 17.1. The van der Waals surface area contributed by atoms with E-state index in [0.717, 1.165) is 52.6 Å². The molecule has 0 aliphatic rings. The first kappa shape index (κ1) is 19.7. The molecule has 0 radical (unpaired) electrons. The van der Waals surface area contributed by atoms with Gasteiger partial charge in [0.15, 0.2) is 0 Å². The zero-order chi connectivity index (χ0) is 20.6. The van der Waals surface area contributed by atoms with Gasteiger partial charge in [-0.2, -0.15) is 0 Å². The molecule has 0 aliphatic carbocycles. The van der Waals surface area contributed by atoms with E-state index >= 15 is 0 Å². The second-order valence-corrected chi connectivity index (χ2v) is 7.10. The summed E-state index contributed by atoms with van der Waals surface area (Å²) in [4.78, 5) is 0. The van der Waals surface area contributed by atoms with Crippen LogP contribution in [0.1, 0.15) is 24.7 Å². The Morgan fingerprint density at radius 3 is 2.03 bits per heavy atom. The predicted octanol–water partition coefficient (Wildman–Crippen LogP) is 7.85. The second kappa shape index (κ2) is 9.71. The third kappa shape index (κ3) is 5.03. The van der Waals surface area contributed by atoms with Crippen molar-refractivity contribution in [3.8, 4) is 28.2 Å².